The third-order valence-electron chi connectivity index (χ3n) is 8.67. The molecule has 0 radical (unpaired) electrons. The number of nitrogens with one attached hydrogen (secondary N) is 1. The van der Waals surface area contributed by atoms with E-state index in [9.17, 15) is 22.8 Å². The Morgan fingerprint density at radius 2 is 1.64 bits per heavy atom. The van der Waals surface area contributed by atoms with Crippen molar-refractivity contribution in [2.45, 2.75) is 25.1 Å². The lowest BCUT2D eigenvalue weighted by atomic mass is 10.0. The van der Waals surface area contributed by atoms with Gasteiger partial charge in [-0.25, -0.2) is 4.68 Å². The van der Waals surface area contributed by atoms with E-state index in [1.54, 1.807) is 23.1 Å². The third kappa shape index (κ3) is 5.94. The molecule has 3 fully saturated rings. The molecular formula is C31H34F3N5O3. The molecule has 3 saturated heterocycles. The standard InChI is InChI=1S/C31H34F3N5O3/c32-31(33,34)28-26(15-35-39(28)25-9-5-2-6-10-25)30(41)38-18-23-16-37(17-24(23)19-38)13-11-27(21-7-3-1-4-8-21)36-29(40)22-12-14-42-20-22/h1-10,15,22-24,27H,11-14,16-20H2,(H,36,40)/t22?,23-,24?,27?/m0/s1. The Hall–Kier alpha value is -3.70. The smallest absolute Gasteiger partial charge is 0.381 e. The summed E-state index contributed by atoms with van der Waals surface area (Å²) in [6.07, 6.45) is -2.23. The maximum Gasteiger partial charge on any atom is 0.434 e. The molecule has 1 N–H and O–H groups in total. The van der Waals surface area contributed by atoms with Gasteiger partial charge in [-0.1, -0.05) is 48.5 Å². The van der Waals surface area contributed by atoms with Crippen LogP contribution >= 0.6 is 0 Å². The molecule has 0 bridgehead atoms. The second-order valence-electron chi connectivity index (χ2n) is 11.5. The van der Waals surface area contributed by atoms with Crippen LogP contribution in [0.2, 0.25) is 0 Å². The highest BCUT2D eigenvalue weighted by atomic mass is 19.4. The van der Waals surface area contributed by atoms with Crippen LogP contribution in [0.1, 0.15) is 40.5 Å². The number of amides is 2. The fraction of sp³-hybridized carbons (Fsp3) is 0.452. The van der Waals surface area contributed by atoms with Crippen LogP contribution in [0.3, 0.4) is 0 Å². The van der Waals surface area contributed by atoms with E-state index in [4.69, 9.17) is 4.74 Å². The van der Waals surface area contributed by atoms with Crippen molar-refractivity contribution in [3.8, 4) is 5.69 Å². The van der Waals surface area contributed by atoms with Gasteiger partial charge in [-0.15, -0.1) is 0 Å². The van der Waals surface area contributed by atoms with Crippen LogP contribution in [0.25, 0.3) is 5.69 Å². The summed E-state index contributed by atoms with van der Waals surface area (Å²) in [6, 6.07) is 17.8. The summed E-state index contributed by atoms with van der Waals surface area (Å²) in [4.78, 5) is 30.1. The first-order valence-corrected chi connectivity index (χ1v) is 14.4. The Kier molecular flexibility index (Phi) is 8.04. The number of halogens is 3. The van der Waals surface area contributed by atoms with Gasteiger partial charge in [0.25, 0.3) is 5.91 Å². The van der Waals surface area contributed by atoms with Gasteiger partial charge in [0.05, 0.1) is 36.0 Å². The Morgan fingerprint density at radius 3 is 2.26 bits per heavy atom. The van der Waals surface area contributed by atoms with Crippen LogP contribution in [0.15, 0.2) is 66.9 Å². The van der Waals surface area contributed by atoms with Crippen molar-refractivity contribution in [2.24, 2.45) is 17.8 Å². The summed E-state index contributed by atoms with van der Waals surface area (Å²) >= 11 is 0. The summed E-state index contributed by atoms with van der Waals surface area (Å²) in [5.41, 5.74) is -0.162. The third-order valence-corrected chi connectivity index (χ3v) is 8.67. The van der Waals surface area contributed by atoms with Crippen molar-refractivity contribution in [3.05, 3.63) is 83.7 Å². The number of fused-ring (bicyclic) bond motifs is 1. The number of ether oxygens (including phenoxy) is 1. The van der Waals surface area contributed by atoms with Gasteiger partial charge < -0.3 is 19.9 Å². The number of para-hydroxylation sites is 1. The molecule has 11 heteroatoms. The minimum Gasteiger partial charge on any atom is -0.381 e. The van der Waals surface area contributed by atoms with E-state index in [0.29, 0.717) is 26.3 Å². The second-order valence-corrected chi connectivity index (χ2v) is 11.5. The van der Waals surface area contributed by atoms with Crippen LogP contribution in [0, 0.1) is 17.8 Å². The zero-order valence-electron chi connectivity index (χ0n) is 23.2. The minimum atomic E-state index is -4.74. The van der Waals surface area contributed by atoms with Crippen molar-refractivity contribution >= 4 is 11.8 Å². The van der Waals surface area contributed by atoms with E-state index in [0.717, 1.165) is 48.9 Å². The first kappa shape index (κ1) is 28.4. The molecule has 3 aromatic rings. The van der Waals surface area contributed by atoms with Crippen molar-refractivity contribution in [3.63, 3.8) is 0 Å². The molecule has 42 heavy (non-hydrogen) atoms. The second kappa shape index (κ2) is 11.9. The van der Waals surface area contributed by atoms with Gasteiger partial charge in [0.2, 0.25) is 5.91 Å². The molecule has 8 nitrogen and oxygen atoms in total. The lowest BCUT2D eigenvalue weighted by Gasteiger charge is -2.25. The normalized spacial score (nSPS) is 23.2. The lowest BCUT2D eigenvalue weighted by molar-refractivity contribution is -0.143. The highest BCUT2D eigenvalue weighted by molar-refractivity contribution is 5.95. The minimum absolute atomic E-state index is 0.0163. The largest absolute Gasteiger partial charge is 0.434 e. The first-order valence-electron chi connectivity index (χ1n) is 14.4. The summed E-state index contributed by atoms with van der Waals surface area (Å²) < 4.78 is 48.6. The van der Waals surface area contributed by atoms with Gasteiger partial charge in [-0.2, -0.15) is 18.3 Å². The quantitative estimate of drug-likeness (QED) is 0.432. The van der Waals surface area contributed by atoms with Crippen molar-refractivity contribution < 1.29 is 27.5 Å². The molecule has 4 heterocycles. The SMILES string of the molecule is O=C(NC(CCN1CC2CN(C(=O)c3cnn(-c4ccccc4)c3C(F)(F)F)C[C@@H]2C1)c1ccccc1)C1CCOC1. The Labute approximate surface area is 242 Å². The van der Waals surface area contributed by atoms with Crippen LogP contribution in [-0.4, -0.2) is 77.3 Å². The predicted molar refractivity (Wildman–Crippen MR) is 149 cm³/mol. The molecule has 3 unspecified atom stereocenters. The molecule has 2 aromatic carbocycles. The molecule has 0 aliphatic carbocycles. The summed E-state index contributed by atoms with van der Waals surface area (Å²) in [5.74, 6) is -0.361. The zero-order valence-corrected chi connectivity index (χ0v) is 23.2. The number of nitrogens with zero attached hydrogens (tertiary/aromatic N) is 4. The van der Waals surface area contributed by atoms with E-state index >= 15 is 0 Å². The molecule has 2 amide bonds. The van der Waals surface area contributed by atoms with E-state index < -0.39 is 23.3 Å². The van der Waals surface area contributed by atoms with Crippen molar-refractivity contribution in [1.29, 1.82) is 0 Å². The van der Waals surface area contributed by atoms with Gasteiger partial charge in [0.1, 0.15) is 0 Å². The highest BCUT2D eigenvalue weighted by Crippen LogP contribution is 2.37. The number of aromatic nitrogens is 2. The predicted octanol–water partition coefficient (Wildman–Crippen LogP) is 4.18. The molecule has 3 aliphatic rings. The van der Waals surface area contributed by atoms with Crippen molar-refractivity contribution in [2.75, 3.05) is 45.9 Å². The molecule has 4 atom stereocenters. The fourth-order valence-electron chi connectivity index (χ4n) is 6.50. The van der Waals surface area contributed by atoms with Crippen LogP contribution < -0.4 is 5.32 Å². The molecule has 0 saturated carbocycles. The Bertz CT molecular complexity index is 1380. The highest BCUT2D eigenvalue weighted by Gasteiger charge is 2.45. The lowest BCUT2D eigenvalue weighted by Crippen LogP contribution is -2.37. The number of carbonyl (C=O) groups excluding carboxylic acids is 2. The summed E-state index contributed by atoms with van der Waals surface area (Å²) in [7, 11) is 0. The first-order chi connectivity index (χ1) is 20.3. The van der Waals surface area contributed by atoms with Crippen molar-refractivity contribution in [1.82, 2.24) is 24.9 Å². The monoisotopic (exact) mass is 581 g/mol. The number of hydrogen-bond donors (Lipinski definition) is 1. The number of hydrogen-bond acceptors (Lipinski definition) is 5. The molecule has 222 valence electrons. The fourth-order valence-corrected chi connectivity index (χ4v) is 6.50. The van der Waals surface area contributed by atoms with Crippen LogP contribution in [0.5, 0.6) is 0 Å². The number of likely N-dealkylation sites (tertiary alicyclic amines) is 2. The van der Waals surface area contributed by atoms with Crippen LogP contribution in [0.4, 0.5) is 13.2 Å². The molecule has 0 spiro atoms. The Balaban J connectivity index is 1.08. The van der Waals surface area contributed by atoms with E-state index in [1.165, 1.54) is 12.1 Å². The van der Waals surface area contributed by atoms with Gasteiger partial charge in [0, 0.05) is 39.3 Å². The van der Waals surface area contributed by atoms with Gasteiger partial charge >= 0.3 is 6.18 Å². The maximum absolute atomic E-state index is 14.1. The van der Waals surface area contributed by atoms with E-state index in [2.05, 4.69) is 15.3 Å². The number of alkyl halides is 3. The maximum atomic E-state index is 14.1. The summed E-state index contributed by atoms with van der Waals surface area (Å²) in [5, 5.41) is 7.17. The number of rotatable bonds is 8. The zero-order chi connectivity index (χ0) is 29.3. The van der Waals surface area contributed by atoms with E-state index in [1.807, 2.05) is 30.3 Å². The van der Waals surface area contributed by atoms with E-state index in [-0.39, 0.29) is 35.4 Å². The summed E-state index contributed by atoms with van der Waals surface area (Å²) in [6.45, 7) is 4.17. The molecule has 1 aromatic heterocycles. The van der Waals surface area contributed by atoms with Gasteiger partial charge in [-0.3, -0.25) is 9.59 Å². The van der Waals surface area contributed by atoms with Crippen LogP contribution in [-0.2, 0) is 15.7 Å². The number of carbonyl (C=O) groups is 2. The average Bonchev–Trinajstić information content (AvgIpc) is 3.79. The molecule has 3 aliphatic heterocycles. The topological polar surface area (TPSA) is 79.7 Å². The average molecular weight is 582 g/mol. The Morgan fingerprint density at radius 1 is 0.976 bits per heavy atom. The number of benzene rings is 2. The molecular weight excluding hydrogens is 547 g/mol. The molecule has 6 rings (SSSR count). The van der Waals surface area contributed by atoms with Gasteiger partial charge in [0.15, 0.2) is 5.69 Å². The van der Waals surface area contributed by atoms with Gasteiger partial charge in [-0.05, 0) is 42.4 Å².